The van der Waals surface area contributed by atoms with Gasteiger partial charge in [-0.15, -0.1) is 11.3 Å². The van der Waals surface area contributed by atoms with Gasteiger partial charge in [-0.25, -0.2) is 9.67 Å². The molecule has 5 nitrogen and oxygen atoms in total. The first-order valence-corrected chi connectivity index (χ1v) is 10.9. The first-order valence-electron chi connectivity index (χ1n) is 10.1. The van der Waals surface area contributed by atoms with Gasteiger partial charge < -0.3 is 9.64 Å². The molecular weight excluding hydrogens is 380 g/mol. The summed E-state index contributed by atoms with van der Waals surface area (Å²) in [5.74, 6) is 0.860. The van der Waals surface area contributed by atoms with Gasteiger partial charge in [-0.1, -0.05) is 30.7 Å². The number of hydrogen-bond acceptors (Lipinski definition) is 5. The molecule has 5 rings (SSSR count). The first kappa shape index (κ1) is 18.3. The maximum atomic E-state index is 5.57. The fourth-order valence-electron chi connectivity index (χ4n) is 3.78. The number of nitrogens with zero attached hydrogens (tertiary/aromatic N) is 4. The minimum Gasteiger partial charge on any atom is -0.378 e. The zero-order valence-corrected chi connectivity index (χ0v) is 17.6. The Balaban J connectivity index is 1.60. The number of aromatic nitrogens is 3. The van der Waals surface area contributed by atoms with Gasteiger partial charge in [0.15, 0.2) is 5.82 Å². The van der Waals surface area contributed by atoms with Crippen molar-refractivity contribution in [1.29, 1.82) is 0 Å². The van der Waals surface area contributed by atoms with E-state index in [2.05, 4.69) is 61.2 Å². The molecule has 1 aliphatic rings. The van der Waals surface area contributed by atoms with Crippen molar-refractivity contribution < 1.29 is 4.74 Å². The molecule has 29 heavy (non-hydrogen) atoms. The van der Waals surface area contributed by atoms with Crippen LogP contribution in [0.1, 0.15) is 17.4 Å². The third kappa shape index (κ3) is 3.54. The van der Waals surface area contributed by atoms with Gasteiger partial charge in [-0.3, -0.25) is 0 Å². The monoisotopic (exact) mass is 404 g/mol. The Morgan fingerprint density at radius 1 is 1.10 bits per heavy atom. The average Bonchev–Trinajstić information content (AvgIpc) is 3.41. The summed E-state index contributed by atoms with van der Waals surface area (Å²) < 4.78 is 8.72. The van der Waals surface area contributed by atoms with Crippen molar-refractivity contribution in [2.75, 3.05) is 31.2 Å². The largest absolute Gasteiger partial charge is 0.378 e. The standard InChI is InChI=1S/C23H24N4OS/c1-3-18-14-20-23(29-18)21(26-9-11-28-12-10-26)15-22(24-20)27-8-7-19(25-27)17-6-4-5-16(2)13-17/h4-8,13-15H,3,9-12H2,1-2H3. The fourth-order valence-corrected chi connectivity index (χ4v) is 4.86. The van der Waals surface area contributed by atoms with Crippen LogP contribution in [0.25, 0.3) is 27.3 Å². The van der Waals surface area contributed by atoms with E-state index in [9.17, 15) is 0 Å². The normalized spacial score (nSPS) is 14.6. The molecule has 1 fully saturated rings. The molecule has 0 bridgehead atoms. The van der Waals surface area contributed by atoms with Gasteiger partial charge in [0.05, 0.1) is 34.8 Å². The highest BCUT2D eigenvalue weighted by molar-refractivity contribution is 7.19. The summed E-state index contributed by atoms with van der Waals surface area (Å²) in [5.41, 5.74) is 5.62. The molecule has 0 amide bonds. The molecule has 0 aliphatic carbocycles. The van der Waals surface area contributed by atoms with Crippen LogP contribution in [-0.2, 0) is 11.2 Å². The molecular formula is C23H24N4OS. The SMILES string of the molecule is CCc1cc2nc(-n3ccc(-c4cccc(C)c4)n3)cc(N3CCOCC3)c2s1. The summed E-state index contributed by atoms with van der Waals surface area (Å²) in [6.45, 7) is 7.65. The summed E-state index contributed by atoms with van der Waals surface area (Å²) in [7, 11) is 0. The van der Waals surface area contributed by atoms with Crippen LogP contribution < -0.4 is 4.90 Å². The van der Waals surface area contributed by atoms with E-state index in [0.29, 0.717) is 0 Å². The summed E-state index contributed by atoms with van der Waals surface area (Å²) in [4.78, 5) is 8.72. The third-order valence-corrected chi connectivity index (χ3v) is 6.63. The molecule has 0 saturated carbocycles. The second-order valence-electron chi connectivity index (χ2n) is 7.39. The second-order valence-corrected chi connectivity index (χ2v) is 8.53. The summed E-state index contributed by atoms with van der Waals surface area (Å²) in [6.07, 6.45) is 3.03. The number of anilines is 1. The Morgan fingerprint density at radius 3 is 2.76 bits per heavy atom. The van der Waals surface area contributed by atoms with Crippen LogP contribution in [0.5, 0.6) is 0 Å². The van der Waals surface area contributed by atoms with Crippen LogP contribution in [0.4, 0.5) is 5.69 Å². The molecule has 4 heterocycles. The van der Waals surface area contributed by atoms with Gasteiger partial charge in [-0.2, -0.15) is 5.10 Å². The van der Waals surface area contributed by atoms with Crippen LogP contribution in [-0.4, -0.2) is 41.1 Å². The van der Waals surface area contributed by atoms with E-state index in [-0.39, 0.29) is 0 Å². The fraction of sp³-hybridized carbons (Fsp3) is 0.304. The Kier molecular flexibility index (Phi) is 4.81. The zero-order chi connectivity index (χ0) is 19.8. The van der Waals surface area contributed by atoms with Gasteiger partial charge in [0.2, 0.25) is 0 Å². The van der Waals surface area contributed by atoms with E-state index in [4.69, 9.17) is 14.8 Å². The zero-order valence-electron chi connectivity index (χ0n) is 16.8. The van der Waals surface area contributed by atoms with Crippen molar-refractivity contribution in [2.24, 2.45) is 0 Å². The van der Waals surface area contributed by atoms with Crippen molar-refractivity contribution in [3.63, 3.8) is 0 Å². The van der Waals surface area contributed by atoms with Crippen LogP contribution in [0.3, 0.4) is 0 Å². The predicted molar refractivity (Wildman–Crippen MR) is 119 cm³/mol. The molecule has 1 aromatic carbocycles. The smallest absolute Gasteiger partial charge is 0.156 e. The third-order valence-electron chi connectivity index (χ3n) is 5.33. The number of rotatable bonds is 4. The first-order chi connectivity index (χ1) is 14.2. The maximum Gasteiger partial charge on any atom is 0.156 e. The van der Waals surface area contributed by atoms with E-state index in [1.54, 1.807) is 0 Å². The highest BCUT2D eigenvalue weighted by Crippen LogP contribution is 2.35. The van der Waals surface area contributed by atoms with Gasteiger partial charge in [0.25, 0.3) is 0 Å². The van der Waals surface area contributed by atoms with E-state index in [0.717, 1.165) is 55.3 Å². The lowest BCUT2D eigenvalue weighted by Crippen LogP contribution is -2.36. The molecule has 148 valence electrons. The topological polar surface area (TPSA) is 43.2 Å². The Hall–Kier alpha value is -2.70. The minimum absolute atomic E-state index is 0.768. The van der Waals surface area contributed by atoms with E-state index >= 15 is 0 Å². The Morgan fingerprint density at radius 2 is 1.97 bits per heavy atom. The maximum absolute atomic E-state index is 5.57. The molecule has 1 aliphatic heterocycles. The number of morpholine rings is 1. The van der Waals surface area contributed by atoms with Crippen LogP contribution in [0.15, 0.2) is 48.7 Å². The molecule has 0 radical (unpaired) electrons. The van der Waals surface area contributed by atoms with E-state index in [1.165, 1.54) is 20.8 Å². The van der Waals surface area contributed by atoms with E-state index in [1.807, 2.05) is 22.2 Å². The lowest BCUT2D eigenvalue weighted by Gasteiger charge is -2.29. The van der Waals surface area contributed by atoms with Crippen molar-refractivity contribution >= 4 is 27.2 Å². The number of hydrogen-bond donors (Lipinski definition) is 0. The molecule has 3 aromatic heterocycles. The van der Waals surface area contributed by atoms with Crippen LogP contribution >= 0.6 is 11.3 Å². The Labute approximate surface area is 174 Å². The Bertz CT molecular complexity index is 1160. The van der Waals surface area contributed by atoms with Crippen LogP contribution in [0, 0.1) is 6.92 Å². The number of pyridine rings is 1. The van der Waals surface area contributed by atoms with Gasteiger partial charge in [0, 0.05) is 35.8 Å². The summed E-state index contributed by atoms with van der Waals surface area (Å²) in [5, 5.41) is 4.83. The van der Waals surface area contributed by atoms with E-state index < -0.39 is 0 Å². The molecule has 0 unspecified atom stereocenters. The quantitative estimate of drug-likeness (QED) is 0.487. The average molecular weight is 405 g/mol. The second kappa shape index (κ2) is 7.61. The highest BCUT2D eigenvalue weighted by atomic mass is 32.1. The van der Waals surface area contributed by atoms with Crippen molar-refractivity contribution in [3.8, 4) is 17.1 Å². The lowest BCUT2D eigenvalue weighted by atomic mass is 10.1. The van der Waals surface area contributed by atoms with Crippen molar-refractivity contribution in [2.45, 2.75) is 20.3 Å². The summed E-state index contributed by atoms with van der Waals surface area (Å²) >= 11 is 1.85. The molecule has 0 atom stereocenters. The molecule has 1 saturated heterocycles. The number of ether oxygens (including phenoxy) is 1. The van der Waals surface area contributed by atoms with Gasteiger partial charge in [0.1, 0.15) is 0 Å². The number of benzene rings is 1. The van der Waals surface area contributed by atoms with Gasteiger partial charge in [-0.05, 0) is 31.5 Å². The highest BCUT2D eigenvalue weighted by Gasteiger charge is 2.19. The molecule has 4 aromatic rings. The molecule has 6 heteroatoms. The van der Waals surface area contributed by atoms with Gasteiger partial charge >= 0.3 is 0 Å². The number of fused-ring (bicyclic) bond motifs is 1. The van der Waals surface area contributed by atoms with Crippen molar-refractivity contribution in [1.82, 2.24) is 14.8 Å². The lowest BCUT2D eigenvalue weighted by molar-refractivity contribution is 0.123. The molecule has 0 spiro atoms. The van der Waals surface area contributed by atoms with Crippen molar-refractivity contribution in [3.05, 3.63) is 59.1 Å². The number of thiophene rings is 1. The summed E-state index contributed by atoms with van der Waals surface area (Å²) in [6, 6.07) is 14.9. The minimum atomic E-state index is 0.768. The predicted octanol–water partition coefficient (Wildman–Crippen LogP) is 4.86. The van der Waals surface area contributed by atoms with Crippen LogP contribution in [0.2, 0.25) is 0 Å². The molecule has 0 N–H and O–H groups in total. The number of aryl methyl sites for hydroxylation is 2.